The largest absolute Gasteiger partial charge is 0.464 e. The van der Waals surface area contributed by atoms with Gasteiger partial charge in [0.2, 0.25) is 5.78 Å². The number of carbonyl (C=O) groups is 1. The van der Waals surface area contributed by atoms with Gasteiger partial charge in [-0.1, -0.05) is 12.1 Å². The number of carbonyl (C=O) groups excluding carboxylic acids is 1. The number of nitrogens with one attached hydrogen (secondary N) is 1. The second-order valence-electron chi connectivity index (χ2n) is 5.49. The molecule has 0 spiro atoms. The third kappa shape index (κ3) is 2.93. The molecule has 1 aromatic carbocycles. The molecular weight excluding hydrogens is 311 g/mol. The Kier molecular flexibility index (Phi) is 4.06. The minimum Gasteiger partial charge on any atom is -0.464 e. The van der Waals surface area contributed by atoms with Gasteiger partial charge in [-0.05, 0) is 30.5 Å². The molecular formula is C16H16F3NO3. The first-order valence-electron chi connectivity index (χ1n) is 7.34. The summed E-state index contributed by atoms with van der Waals surface area (Å²) in [6.07, 6.45) is -4.08. The van der Waals surface area contributed by atoms with Gasteiger partial charge in [-0.2, -0.15) is 13.2 Å². The first-order valence-corrected chi connectivity index (χ1v) is 7.34. The van der Waals surface area contributed by atoms with Crippen molar-refractivity contribution in [3.05, 3.63) is 41.3 Å². The molecule has 4 nitrogen and oxygen atoms in total. The molecule has 2 atom stereocenters. The van der Waals surface area contributed by atoms with Crippen LogP contribution >= 0.6 is 0 Å². The van der Waals surface area contributed by atoms with Crippen LogP contribution in [0, 0.1) is 0 Å². The third-order valence-electron chi connectivity index (χ3n) is 3.98. The van der Waals surface area contributed by atoms with Gasteiger partial charge in [-0.25, -0.2) is 0 Å². The molecule has 124 valence electrons. The van der Waals surface area contributed by atoms with Gasteiger partial charge in [0.15, 0.2) is 12.0 Å². The summed E-state index contributed by atoms with van der Waals surface area (Å²) in [6, 6.07) is 4.69. The molecule has 0 saturated carbocycles. The summed E-state index contributed by atoms with van der Waals surface area (Å²) in [4.78, 5) is 12.6. The van der Waals surface area contributed by atoms with E-state index in [4.69, 9.17) is 9.47 Å². The van der Waals surface area contributed by atoms with Crippen LogP contribution in [0.3, 0.4) is 0 Å². The Bertz CT molecular complexity index is 648. The Morgan fingerprint density at radius 1 is 1.30 bits per heavy atom. The topological polar surface area (TPSA) is 47.6 Å². The lowest BCUT2D eigenvalue weighted by atomic mass is 9.96. The Morgan fingerprint density at radius 2 is 2.09 bits per heavy atom. The Labute approximate surface area is 131 Å². The van der Waals surface area contributed by atoms with Gasteiger partial charge < -0.3 is 14.8 Å². The molecule has 0 radical (unpaired) electrons. The van der Waals surface area contributed by atoms with Crippen LogP contribution in [0.4, 0.5) is 13.2 Å². The normalized spacial score (nSPS) is 25.0. The number of ketones is 1. The maximum atomic E-state index is 12.9. The van der Waals surface area contributed by atoms with Crippen LogP contribution in [-0.4, -0.2) is 31.6 Å². The van der Waals surface area contributed by atoms with Crippen LogP contribution in [0.5, 0.6) is 0 Å². The molecule has 1 saturated heterocycles. The average Bonchev–Trinajstić information content (AvgIpc) is 3.13. The van der Waals surface area contributed by atoms with Crippen LogP contribution in [0.2, 0.25) is 0 Å². The van der Waals surface area contributed by atoms with Gasteiger partial charge in [-0.15, -0.1) is 0 Å². The molecule has 1 N–H and O–H groups in total. The van der Waals surface area contributed by atoms with Gasteiger partial charge in [0.25, 0.3) is 0 Å². The van der Waals surface area contributed by atoms with E-state index in [0.29, 0.717) is 13.0 Å². The standard InChI is InChI=1S/C16H16F3NO3/c1-20-15-12(9-4-2-5-10(8-9)16(17,18)19)13(21)14(23-15)11-6-3-7-22-11/h2,4-5,8,11,14,20H,3,6-7H2,1H3. The van der Waals surface area contributed by atoms with Gasteiger partial charge in [-0.3, -0.25) is 4.79 Å². The number of halogens is 3. The number of ether oxygens (including phenoxy) is 2. The highest BCUT2D eigenvalue weighted by molar-refractivity contribution is 6.25. The summed E-state index contributed by atoms with van der Waals surface area (Å²) in [5.74, 6) is -0.157. The highest BCUT2D eigenvalue weighted by atomic mass is 19.4. The van der Waals surface area contributed by atoms with Crippen molar-refractivity contribution in [2.24, 2.45) is 0 Å². The second kappa shape index (κ2) is 5.88. The molecule has 0 aromatic heterocycles. The third-order valence-corrected chi connectivity index (χ3v) is 3.98. The number of Topliss-reactive ketones (excluding diaryl/α,β-unsaturated/α-hetero) is 1. The number of benzene rings is 1. The fourth-order valence-corrected chi connectivity index (χ4v) is 2.89. The summed E-state index contributed by atoms with van der Waals surface area (Å²) in [5, 5.41) is 2.75. The summed E-state index contributed by atoms with van der Waals surface area (Å²) in [7, 11) is 1.56. The van der Waals surface area contributed by atoms with Crippen LogP contribution in [0.1, 0.15) is 24.0 Å². The zero-order valence-electron chi connectivity index (χ0n) is 12.4. The lowest BCUT2D eigenvalue weighted by molar-refractivity contribution is -0.137. The molecule has 3 rings (SSSR count). The summed E-state index contributed by atoms with van der Waals surface area (Å²) in [6.45, 7) is 0.561. The molecule has 2 aliphatic rings. The lowest BCUT2D eigenvalue weighted by Gasteiger charge is -2.17. The summed E-state index contributed by atoms with van der Waals surface area (Å²) < 4.78 is 49.8. The molecule has 0 bridgehead atoms. The average molecular weight is 327 g/mol. The summed E-state index contributed by atoms with van der Waals surface area (Å²) >= 11 is 0. The minimum absolute atomic E-state index is 0.138. The highest BCUT2D eigenvalue weighted by Gasteiger charge is 2.43. The van der Waals surface area contributed by atoms with Crippen LogP contribution in [0.15, 0.2) is 30.1 Å². The number of hydrogen-bond acceptors (Lipinski definition) is 4. The molecule has 0 aliphatic carbocycles. The monoisotopic (exact) mass is 327 g/mol. The predicted octanol–water partition coefficient (Wildman–Crippen LogP) is 2.74. The highest BCUT2D eigenvalue weighted by Crippen LogP contribution is 2.36. The Morgan fingerprint density at radius 3 is 2.70 bits per heavy atom. The molecule has 23 heavy (non-hydrogen) atoms. The van der Waals surface area contributed by atoms with Gasteiger partial charge in [0, 0.05) is 13.7 Å². The molecule has 0 amide bonds. The van der Waals surface area contributed by atoms with Crippen molar-refractivity contribution in [2.75, 3.05) is 13.7 Å². The van der Waals surface area contributed by atoms with E-state index in [2.05, 4.69) is 5.32 Å². The van der Waals surface area contributed by atoms with Crippen molar-refractivity contribution in [2.45, 2.75) is 31.2 Å². The number of alkyl halides is 3. The van der Waals surface area contributed by atoms with Crippen molar-refractivity contribution < 1.29 is 27.4 Å². The summed E-state index contributed by atoms with van der Waals surface area (Å²) in [5.41, 5.74) is -0.472. The van der Waals surface area contributed by atoms with Crippen molar-refractivity contribution >= 4 is 11.4 Å². The molecule has 1 fully saturated rings. The van der Waals surface area contributed by atoms with Gasteiger partial charge in [0.05, 0.1) is 11.1 Å². The molecule has 2 aliphatic heterocycles. The van der Waals surface area contributed by atoms with E-state index in [-0.39, 0.29) is 28.9 Å². The van der Waals surface area contributed by atoms with Crippen LogP contribution in [0.25, 0.3) is 5.57 Å². The fraction of sp³-hybridized carbons (Fsp3) is 0.438. The first kappa shape index (κ1) is 15.9. The van der Waals surface area contributed by atoms with E-state index in [1.807, 2.05) is 0 Å². The Balaban J connectivity index is 1.95. The maximum absolute atomic E-state index is 12.9. The van der Waals surface area contributed by atoms with E-state index in [1.165, 1.54) is 12.1 Å². The van der Waals surface area contributed by atoms with Crippen molar-refractivity contribution in [1.29, 1.82) is 0 Å². The van der Waals surface area contributed by atoms with Crippen LogP contribution in [-0.2, 0) is 20.4 Å². The molecule has 1 aromatic rings. The van der Waals surface area contributed by atoms with E-state index < -0.39 is 17.8 Å². The Hall–Kier alpha value is -2.02. The van der Waals surface area contributed by atoms with Crippen molar-refractivity contribution in [3.63, 3.8) is 0 Å². The zero-order chi connectivity index (χ0) is 16.6. The SMILES string of the molecule is CNC1=C(c2cccc(C(F)(F)F)c2)C(=O)C(C2CCCO2)O1. The lowest BCUT2D eigenvalue weighted by Crippen LogP contribution is -2.32. The van der Waals surface area contributed by atoms with Crippen molar-refractivity contribution in [1.82, 2.24) is 5.32 Å². The van der Waals surface area contributed by atoms with Gasteiger partial charge >= 0.3 is 6.18 Å². The second-order valence-corrected chi connectivity index (χ2v) is 5.49. The smallest absolute Gasteiger partial charge is 0.416 e. The number of hydrogen-bond donors (Lipinski definition) is 1. The predicted molar refractivity (Wildman–Crippen MR) is 76.3 cm³/mol. The van der Waals surface area contributed by atoms with Crippen molar-refractivity contribution in [3.8, 4) is 0 Å². The van der Waals surface area contributed by atoms with E-state index in [0.717, 1.165) is 18.6 Å². The fourth-order valence-electron chi connectivity index (χ4n) is 2.89. The molecule has 2 heterocycles. The number of rotatable bonds is 3. The maximum Gasteiger partial charge on any atom is 0.416 e. The first-order chi connectivity index (χ1) is 10.9. The molecule has 7 heteroatoms. The quantitative estimate of drug-likeness (QED) is 0.927. The van der Waals surface area contributed by atoms with Gasteiger partial charge in [0.1, 0.15) is 6.10 Å². The van der Waals surface area contributed by atoms with Crippen LogP contribution < -0.4 is 5.32 Å². The molecule has 2 unspecified atom stereocenters. The zero-order valence-corrected chi connectivity index (χ0v) is 12.4. The minimum atomic E-state index is -4.47. The van der Waals surface area contributed by atoms with E-state index >= 15 is 0 Å². The van der Waals surface area contributed by atoms with E-state index in [1.54, 1.807) is 7.05 Å². The van der Waals surface area contributed by atoms with E-state index in [9.17, 15) is 18.0 Å².